The molecule has 0 bridgehead atoms. The Kier molecular flexibility index (Phi) is 5.73. The second-order valence-corrected chi connectivity index (χ2v) is 8.79. The molecule has 0 spiro atoms. The monoisotopic (exact) mass is 361 g/mol. The van der Waals surface area contributed by atoms with E-state index in [1.54, 1.807) is 0 Å². The van der Waals surface area contributed by atoms with Crippen LogP contribution in [0.2, 0.25) is 0 Å². The van der Waals surface area contributed by atoms with Gasteiger partial charge < -0.3 is 9.47 Å². The van der Waals surface area contributed by atoms with E-state index in [0.29, 0.717) is 0 Å². The van der Waals surface area contributed by atoms with E-state index < -0.39 is 45.5 Å². The Morgan fingerprint density at radius 1 is 1.30 bits per heavy atom. The molecule has 0 saturated carbocycles. The van der Waals surface area contributed by atoms with E-state index in [1.165, 1.54) is 34.6 Å². The van der Waals surface area contributed by atoms with Crippen LogP contribution < -0.4 is 4.72 Å². The number of allylic oxidation sites excluding steroid dienone is 1. The third kappa shape index (κ3) is 4.52. The highest BCUT2D eigenvalue weighted by molar-refractivity contribution is 7.84. The minimum atomic E-state index is -4.57. The molecule has 1 N–H and O–H groups in total. The lowest BCUT2D eigenvalue weighted by Gasteiger charge is -2.36. The van der Waals surface area contributed by atoms with Gasteiger partial charge in [0.05, 0.1) is 22.3 Å². The van der Waals surface area contributed by atoms with Gasteiger partial charge >= 0.3 is 11.8 Å². The van der Waals surface area contributed by atoms with Crippen molar-refractivity contribution in [2.45, 2.75) is 69.1 Å². The van der Waals surface area contributed by atoms with Crippen LogP contribution in [0.3, 0.4) is 0 Å². The van der Waals surface area contributed by atoms with Crippen LogP contribution in [-0.4, -0.2) is 45.3 Å². The normalized spacial score (nSPS) is 25.2. The maximum absolute atomic E-state index is 14.4. The van der Waals surface area contributed by atoms with Gasteiger partial charge in [0.1, 0.15) is 12.1 Å². The SMILES string of the molecule is C=CC(F)(F)C(F)(F)[C@H](NS(=O)C(C)(C)C)[C@H]1COC(C)(C)O1. The molecule has 0 aromatic heterocycles. The second-order valence-electron chi connectivity index (χ2n) is 6.79. The van der Waals surface area contributed by atoms with Crippen LogP contribution in [0.5, 0.6) is 0 Å². The van der Waals surface area contributed by atoms with Crippen molar-refractivity contribution in [1.29, 1.82) is 0 Å². The molecule has 1 saturated heterocycles. The van der Waals surface area contributed by atoms with Crippen molar-refractivity contribution in [3.05, 3.63) is 12.7 Å². The minimum absolute atomic E-state index is 0.122. The molecule has 0 aliphatic carbocycles. The molecule has 1 aliphatic heterocycles. The van der Waals surface area contributed by atoms with E-state index in [2.05, 4.69) is 11.3 Å². The third-order valence-corrected chi connectivity index (χ3v) is 4.86. The van der Waals surface area contributed by atoms with Gasteiger partial charge in [0.15, 0.2) is 5.79 Å². The largest absolute Gasteiger partial charge is 0.348 e. The summed E-state index contributed by atoms with van der Waals surface area (Å²) in [7, 11) is -2.00. The molecule has 23 heavy (non-hydrogen) atoms. The van der Waals surface area contributed by atoms with Crippen molar-refractivity contribution in [3.8, 4) is 0 Å². The highest BCUT2D eigenvalue weighted by Crippen LogP contribution is 2.41. The van der Waals surface area contributed by atoms with Crippen molar-refractivity contribution in [3.63, 3.8) is 0 Å². The van der Waals surface area contributed by atoms with E-state index >= 15 is 0 Å². The topological polar surface area (TPSA) is 47.6 Å². The van der Waals surface area contributed by atoms with Gasteiger partial charge in [0, 0.05) is 0 Å². The smallest absolute Gasteiger partial charge is 0.332 e. The molecule has 1 unspecified atom stereocenters. The fraction of sp³-hybridized carbons (Fsp3) is 0.857. The van der Waals surface area contributed by atoms with Crippen molar-refractivity contribution < 1.29 is 31.2 Å². The fourth-order valence-corrected chi connectivity index (χ4v) is 2.78. The fourth-order valence-electron chi connectivity index (χ4n) is 1.90. The summed E-state index contributed by atoms with van der Waals surface area (Å²) in [6.07, 6.45) is -1.51. The highest BCUT2D eigenvalue weighted by Gasteiger charge is 2.63. The molecular formula is C14H23F4NO3S. The highest BCUT2D eigenvalue weighted by atomic mass is 32.2. The van der Waals surface area contributed by atoms with Crippen LogP contribution >= 0.6 is 0 Å². The first-order valence-corrected chi connectivity index (χ1v) is 8.18. The van der Waals surface area contributed by atoms with Crippen molar-refractivity contribution in [1.82, 2.24) is 4.72 Å². The molecular weight excluding hydrogens is 338 g/mol. The van der Waals surface area contributed by atoms with Crippen LogP contribution in [0.15, 0.2) is 12.7 Å². The molecule has 1 rings (SSSR count). The predicted molar refractivity (Wildman–Crippen MR) is 79.8 cm³/mol. The van der Waals surface area contributed by atoms with E-state index in [1.807, 2.05) is 0 Å². The zero-order chi connectivity index (χ0) is 18.3. The minimum Gasteiger partial charge on any atom is -0.348 e. The van der Waals surface area contributed by atoms with Gasteiger partial charge in [-0.15, -0.1) is 0 Å². The van der Waals surface area contributed by atoms with E-state index in [0.717, 1.165) is 0 Å². The van der Waals surface area contributed by atoms with Crippen LogP contribution in [0.4, 0.5) is 17.6 Å². The van der Waals surface area contributed by atoms with Crippen LogP contribution in [-0.2, 0) is 20.5 Å². The van der Waals surface area contributed by atoms with Crippen molar-refractivity contribution in [2.24, 2.45) is 0 Å². The van der Waals surface area contributed by atoms with Crippen LogP contribution in [0.25, 0.3) is 0 Å². The molecule has 1 fully saturated rings. The Labute approximate surface area is 136 Å². The first-order chi connectivity index (χ1) is 10.1. The van der Waals surface area contributed by atoms with Gasteiger partial charge in [-0.05, 0) is 40.7 Å². The van der Waals surface area contributed by atoms with Crippen molar-refractivity contribution in [2.75, 3.05) is 6.61 Å². The molecule has 0 aromatic carbocycles. The molecule has 1 aliphatic rings. The lowest BCUT2D eigenvalue weighted by molar-refractivity contribution is -0.216. The standard InChI is InChI=1S/C14H23F4NO3S/c1-7-13(15,16)14(17,18)10(19-23(20)11(2,3)4)9-8-21-12(5,6)22-9/h7,9-10,19H,1,8H2,2-6H3/t9-,10-,23?/m1/s1. The lowest BCUT2D eigenvalue weighted by atomic mass is 9.99. The second kappa shape index (κ2) is 6.42. The number of ether oxygens (including phenoxy) is 2. The maximum atomic E-state index is 14.4. The summed E-state index contributed by atoms with van der Waals surface area (Å²) in [5.41, 5.74) is 0. The summed E-state index contributed by atoms with van der Waals surface area (Å²) >= 11 is 0. The van der Waals surface area contributed by atoms with Gasteiger partial charge in [0.25, 0.3) is 0 Å². The maximum Gasteiger partial charge on any atom is 0.332 e. The number of rotatable bonds is 6. The molecule has 0 aromatic rings. The van der Waals surface area contributed by atoms with Gasteiger partial charge in [-0.25, -0.2) is 8.93 Å². The summed E-state index contributed by atoms with van der Waals surface area (Å²) in [4.78, 5) is 0. The molecule has 0 radical (unpaired) electrons. The molecule has 1 heterocycles. The van der Waals surface area contributed by atoms with Crippen LogP contribution in [0.1, 0.15) is 34.6 Å². The summed E-state index contributed by atoms with van der Waals surface area (Å²) in [5, 5.41) is 0. The Hall–Kier alpha value is -0.510. The van der Waals surface area contributed by atoms with Gasteiger partial charge in [0.2, 0.25) is 0 Å². The third-order valence-electron chi connectivity index (χ3n) is 3.28. The molecule has 3 atom stereocenters. The Morgan fingerprint density at radius 2 is 1.83 bits per heavy atom. The summed E-state index contributed by atoms with van der Waals surface area (Å²) in [6.45, 7) is 10.00. The molecule has 4 nitrogen and oxygen atoms in total. The average molecular weight is 361 g/mol. The zero-order valence-corrected chi connectivity index (χ0v) is 14.6. The average Bonchev–Trinajstić information content (AvgIpc) is 2.73. The lowest BCUT2D eigenvalue weighted by Crippen LogP contribution is -2.62. The van der Waals surface area contributed by atoms with Crippen LogP contribution in [0, 0.1) is 0 Å². The van der Waals surface area contributed by atoms with E-state index in [9.17, 15) is 21.8 Å². The quantitative estimate of drug-likeness (QED) is 0.584. The number of nitrogens with one attached hydrogen (secondary N) is 1. The number of hydrogen-bond donors (Lipinski definition) is 1. The summed E-state index contributed by atoms with van der Waals surface area (Å²) in [5.74, 6) is -10.2. The van der Waals surface area contributed by atoms with Gasteiger partial charge in [-0.3, -0.25) is 0 Å². The van der Waals surface area contributed by atoms with Gasteiger partial charge in [-0.1, -0.05) is 6.58 Å². The first kappa shape index (κ1) is 20.5. The Balaban J connectivity index is 3.17. The Bertz CT molecular complexity index is 477. The van der Waals surface area contributed by atoms with E-state index in [-0.39, 0.29) is 12.7 Å². The number of halogens is 4. The molecule has 0 amide bonds. The molecule has 136 valence electrons. The summed E-state index contributed by atoms with van der Waals surface area (Å²) in [6, 6.07) is -2.21. The summed E-state index contributed by atoms with van der Waals surface area (Å²) < 4.78 is 79.9. The predicted octanol–water partition coefficient (Wildman–Crippen LogP) is 3.01. The number of hydrogen-bond acceptors (Lipinski definition) is 3. The van der Waals surface area contributed by atoms with Gasteiger partial charge in [-0.2, -0.15) is 17.6 Å². The first-order valence-electron chi connectivity index (χ1n) is 7.03. The van der Waals surface area contributed by atoms with Crippen molar-refractivity contribution >= 4 is 11.0 Å². The zero-order valence-electron chi connectivity index (χ0n) is 13.8. The molecule has 9 heteroatoms. The Morgan fingerprint density at radius 3 is 2.17 bits per heavy atom. The number of alkyl halides is 4. The van der Waals surface area contributed by atoms with E-state index in [4.69, 9.17) is 9.47 Å².